The molecule has 55 heavy (non-hydrogen) atoms. The molecule has 0 radical (unpaired) electrons. The van der Waals surface area contributed by atoms with Crippen molar-refractivity contribution >= 4 is 27.8 Å². The summed E-state index contributed by atoms with van der Waals surface area (Å²) in [6.07, 6.45) is 0. The van der Waals surface area contributed by atoms with Gasteiger partial charge in [0.15, 0.2) is 0 Å². The standard InChI is InChI=1S/C53H35NO/c1-3-14-36(15-4-1)38-26-28-42(29-27-38)54(43-21-13-20-39(32-43)37-16-5-2-6-17-37)44-30-31-45-46-33-40-18-7-8-19-41(40)34-49(46)53(50(45)35-44)47-22-9-11-24-51(47)55-52-25-12-10-23-48(52)53/h1-35H. The van der Waals surface area contributed by atoms with Crippen LogP contribution in [0.4, 0.5) is 17.1 Å². The van der Waals surface area contributed by atoms with Crippen molar-refractivity contribution in [1.29, 1.82) is 0 Å². The molecule has 2 heteroatoms. The van der Waals surface area contributed by atoms with Gasteiger partial charge in [0.1, 0.15) is 11.5 Å². The molecule has 0 fully saturated rings. The van der Waals surface area contributed by atoms with Crippen molar-refractivity contribution < 1.29 is 4.74 Å². The quantitative estimate of drug-likeness (QED) is 0.177. The first-order valence-electron chi connectivity index (χ1n) is 18.9. The minimum Gasteiger partial charge on any atom is -0.457 e. The summed E-state index contributed by atoms with van der Waals surface area (Å²) in [4.78, 5) is 2.41. The number of fused-ring (bicyclic) bond motifs is 10. The number of benzene rings is 9. The van der Waals surface area contributed by atoms with Crippen LogP contribution in [0.25, 0.3) is 44.2 Å². The Morgan fingerprint density at radius 2 is 0.818 bits per heavy atom. The van der Waals surface area contributed by atoms with Crippen LogP contribution in [0.2, 0.25) is 0 Å². The Labute approximate surface area is 321 Å². The van der Waals surface area contributed by atoms with Crippen LogP contribution in [0.5, 0.6) is 11.5 Å². The van der Waals surface area contributed by atoms with Crippen LogP contribution in [0.15, 0.2) is 212 Å². The van der Waals surface area contributed by atoms with Gasteiger partial charge in [-0.1, -0.05) is 152 Å². The highest BCUT2D eigenvalue weighted by atomic mass is 16.5. The number of para-hydroxylation sites is 2. The number of hydrogen-bond donors (Lipinski definition) is 0. The highest BCUT2D eigenvalue weighted by Gasteiger charge is 2.51. The SMILES string of the molecule is c1ccc(-c2ccc(N(c3cccc(-c4ccccc4)c3)c3ccc4c(c3)C3(c5ccccc5Oc5ccccc53)c3cc5ccccc5cc3-4)cc2)cc1. The topological polar surface area (TPSA) is 12.5 Å². The van der Waals surface area contributed by atoms with E-state index in [1.165, 1.54) is 55.3 Å². The van der Waals surface area contributed by atoms with Gasteiger partial charge in [-0.3, -0.25) is 0 Å². The fourth-order valence-electron chi connectivity index (χ4n) is 9.05. The van der Waals surface area contributed by atoms with Gasteiger partial charge in [-0.25, -0.2) is 0 Å². The van der Waals surface area contributed by atoms with E-state index in [4.69, 9.17) is 4.74 Å². The fourth-order valence-corrected chi connectivity index (χ4v) is 9.05. The molecule has 258 valence electrons. The highest BCUT2D eigenvalue weighted by molar-refractivity contribution is 5.98. The Morgan fingerprint density at radius 3 is 1.51 bits per heavy atom. The first kappa shape index (κ1) is 31.4. The number of anilines is 3. The van der Waals surface area contributed by atoms with Crippen LogP contribution in [0.3, 0.4) is 0 Å². The third-order valence-corrected chi connectivity index (χ3v) is 11.5. The first-order chi connectivity index (χ1) is 27.3. The van der Waals surface area contributed by atoms with Gasteiger partial charge in [0.2, 0.25) is 0 Å². The molecule has 9 aromatic rings. The summed E-state index contributed by atoms with van der Waals surface area (Å²) < 4.78 is 6.69. The average molecular weight is 702 g/mol. The molecule has 0 amide bonds. The molecule has 0 bridgehead atoms. The highest BCUT2D eigenvalue weighted by Crippen LogP contribution is 2.63. The molecule has 1 aliphatic heterocycles. The molecule has 9 aromatic carbocycles. The molecule has 0 saturated carbocycles. The second-order valence-corrected chi connectivity index (χ2v) is 14.5. The van der Waals surface area contributed by atoms with Gasteiger partial charge >= 0.3 is 0 Å². The smallest absolute Gasteiger partial charge is 0.132 e. The van der Waals surface area contributed by atoms with E-state index >= 15 is 0 Å². The number of hydrogen-bond acceptors (Lipinski definition) is 2. The molecular formula is C53H35NO. The molecular weight excluding hydrogens is 667 g/mol. The lowest BCUT2D eigenvalue weighted by molar-refractivity contribution is 0.436. The monoisotopic (exact) mass is 701 g/mol. The van der Waals surface area contributed by atoms with Crippen molar-refractivity contribution in [2.24, 2.45) is 0 Å². The lowest BCUT2D eigenvalue weighted by atomic mass is 9.66. The van der Waals surface area contributed by atoms with Crippen molar-refractivity contribution in [2.45, 2.75) is 5.41 Å². The van der Waals surface area contributed by atoms with Crippen LogP contribution in [0.1, 0.15) is 22.3 Å². The third kappa shape index (κ3) is 4.89. The molecule has 1 aliphatic carbocycles. The summed E-state index contributed by atoms with van der Waals surface area (Å²) in [7, 11) is 0. The molecule has 0 N–H and O–H groups in total. The molecule has 1 heterocycles. The number of rotatable bonds is 5. The summed E-state index contributed by atoms with van der Waals surface area (Å²) in [5.41, 5.74) is 14.8. The van der Waals surface area contributed by atoms with E-state index < -0.39 is 5.41 Å². The van der Waals surface area contributed by atoms with E-state index in [1.54, 1.807) is 0 Å². The van der Waals surface area contributed by atoms with Gasteiger partial charge in [-0.15, -0.1) is 0 Å². The Bertz CT molecular complexity index is 2850. The van der Waals surface area contributed by atoms with Gasteiger partial charge in [0.05, 0.1) is 5.41 Å². The van der Waals surface area contributed by atoms with Crippen LogP contribution in [-0.2, 0) is 5.41 Å². The normalized spacial score (nSPS) is 13.0. The Hall–Kier alpha value is -7.16. The summed E-state index contributed by atoms with van der Waals surface area (Å²) in [6.45, 7) is 0. The molecule has 0 atom stereocenters. The van der Waals surface area contributed by atoms with Crippen LogP contribution in [-0.4, -0.2) is 0 Å². The molecule has 0 aromatic heterocycles. The first-order valence-corrected chi connectivity index (χ1v) is 18.9. The lowest BCUT2D eigenvalue weighted by Gasteiger charge is -2.39. The van der Waals surface area contributed by atoms with Gasteiger partial charge in [0, 0.05) is 28.2 Å². The van der Waals surface area contributed by atoms with Crippen LogP contribution < -0.4 is 9.64 Å². The average Bonchev–Trinajstić information content (AvgIpc) is 3.52. The summed E-state index contributed by atoms with van der Waals surface area (Å²) in [5.74, 6) is 1.78. The maximum Gasteiger partial charge on any atom is 0.132 e. The zero-order chi connectivity index (χ0) is 36.3. The van der Waals surface area contributed by atoms with E-state index in [0.29, 0.717) is 0 Å². The molecule has 1 spiro atoms. The Morgan fingerprint density at radius 1 is 0.309 bits per heavy atom. The largest absolute Gasteiger partial charge is 0.457 e. The van der Waals surface area contributed by atoms with Gasteiger partial charge in [0.25, 0.3) is 0 Å². The van der Waals surface area contributed by atoms with Gasteiger partial charge in [-0.2, -0.15) is 0 Å². The van der Waals surface area contributed by atoms with Gasteiger partial charge < -0.3 is 9.64 Å². The molecule has 0 unspecified atom stereocenters. The molecule has 2 aliphatic rings. The van der Waals surface area contributed by atoms with Crippen molar-refractivity contribution in [3.8, 4) is 44.9 Å². The van der Waals surface area contributed by atoms with E-state index in [1.807, 2.05) is 0 Å². The lowest BCUT2D eigenvalue weighted by Crippen LogP contribution is -2.32. The van der Waals surface area contributed by atoms with Gasteiger partial charge in [-0.05, 0) is 116 Å². The van der Waals surface area contributed by atoms with E-state index in [0.717, 1.165) is 39.7 Å². The second-order valence-electron chi connectivity index (χ2n) is 14.5. The molecule has 11 rings (SSSR count). The van der Waals surface area contributed by atoms with Crippen molar-refractivity contribution in [2.75, 3.05) is 4.90 Å². The van der Waals surface area contributed by atoms with Crippen LogP contribution in [0, 0.1) is 0 Å². The van der Waals surface area contributed by atoms with Crippen LogP contribution >= 0.6 is 0 Å². The second kappa shape index (κ2) is 12.5. The fraction of sp³-hybridized carbons (Fsp3) is 0.0189. The minimum absolute atomic E-state index is 0.592. The Kier molecular flexibility index (Phi) is 7.11. The zero-order valence-electron chi connectivity index (χ0n) is 30.1. The third-order valence-electron chi connectivity index (χ3n) is 11.5. The summed E-state index contributed by atoms with van der Waals surface area (Å²) in [5, 5.41) is 2.47. The predicted molar refractivity (Wildman–Crippen MR) is 227 cm³/mol. The van der Waals surface area contributed by atoms with E-state index in [2.05, 4.69) is 217 Å². The maximum atomic E-state index is 6.69. The van der Waals surface area contributed by atoms with E-state index in [9.17, 15) is 0 Å². The summed E-state index contributed by atoms with van der Waals surface area (Å²) in [6, 6.07) is 76.9. The van der Waals surface area contributed by atoms with E-state index in [-0.39, 0.29) is 0 Å². The number of nitrogens with zero attached hydrogens (tertiary/aromatic N) is 1. The molecule has 2 nitrogen and oxygen atoms in total. The maximum absolute atomic E-state index is 6.69. The van der Waals surface area contributed by atoms with Crippen molar-refractivity contribution in [3.63, 3.8) is 0 Å². The van der Waals surface area contributed by atoms with Crippen molar-refractivity contribution in [1.82, 2.24) is 0 Å². The number of ether oxygens (including phenoxy) is 1. The molecule has 0 saturated heterocycles. The Balaban J connectivity index is 1.18. The minimum atomic E-state index is -0.592. The zero-order valence-corrected chi connectivity index (χ0v) is 30.1. The van der Waals surface area contributed by atoms with Crippen molar-refractivity contribution in [3.05, 3.63) is 235 Å². The predicted octanol–water partition coefficient (Wildman–Crippen LogP) is 14.1. The summed E-state index contributed by atoms with van der Waals surface area (Å²) >= 11 is 0.